The van der Waals surface area contributed by atoms with Crippen LogP contribution < -0.4 is 4.74 Å². The van der Waals surface area contributed by atoms with Gasteiger partial charge in [-0.1, -0.05) is 6.07 Å². The molecule has 178 valence electrons. The minimum atomic E-state index is -1.77. The number of ether oxygens (including phenoxy) is 3. The molecule has 32 heavy (non-hydrogen) atoms. The molecule has 1 aliphatic rings. The van der Waals surface area contributed by atoms with E-state index in [1.54, 1.807) is 41.5 Å². The number of ketones is 1. The smallest absolute Gasteiger partial charge is 0.317 e. The maximum atomic E-state index is 13.3. The minimum absolute atomic E-state index is 0.103. The summed E-state index contributed by atoms with van der Waals surface area (Å²) in [5.41, 5.74) is -3.13. The first-order valence-corrected chi connectivity index (χ1v) is 10.5. The number of methoxy groups -OCH3 is 1. The van der Waals surface area contributed by atoms with Gasteiger partial charge in [-0.25, -0.2) is 0 Å². The van der Waals surface area contributed by atoms with Crippen molar-refractivity contribution in [3.05, 3.63) is 23.8 Å². The van der Waals surface area contributed by atoms with E-state index < -0.39 is 58.7 Å². The van der Waals surface area contributed by atoms with Gasteiger partial charge in [0.1, 0.15) is 17.1 Å². The summed E-state index contributed by atoms with van der Waals surface area (Å²) < 4.78 is 16.2. The lowest BCUT2D eigenvalue weighted by Gasteiger charge is -2.44. The van der Waals surface area contributed by atoms with Crippen LogP contribution >= 0.6 is 0 Å². The molecule has 0 spiro atoms. The lowest BCUT2D eigenvalue weighted by atomic mass is 9.61. The first-order chi connectivity index (χ1) is 14.5. The van der Waals surface area contributed by atoms with Crippen molar-refractivity contribution in [1.82, 2.24) is 0 Å². The second-order valence-electron chi connectivity index (χ2n) is 10.5. The molecule has 8 nitrogen and oxygen atoms in total. The van der Waals surface area contributed by atoms with E-state index in [9.17, 15) is 24.6 Å². The highest BCUT2D eigenvalue weighted by molar-refractivity contribution is 6.03. The number of hydrogen-bond donors (Lipinski definition) is 2. The van der Waals surface area contributed by atoms with Crippen LogP contribution in [0.15, 0.2) is 18.2 Å². The topological polar surface area (TPSA) is 119 Å². The van der Waals surface area contributed by atoms with E-state index >= 15 is 0 Å². The van der Waals surface area contributed by atoms with Gasteiger partial charge >= 0.3 is 11.9 Å². The predicted octanol–water partition coefficient (Wildman–Crippen LogP) is 3.12. The van der Waals surface area contributed by atoms with Gasteiger partial charge in [0.25, 0.3) is 0 Å². The van der Waals surface area contributed by atoms with Gasteiger partial charge in [0, 0.05) is 12.3 Å². The monoisotopic (exact) mass is 450 g/mol. The van der Waals surface area contributed by atoms with E-state index in [1.165, 1.54) is 32.2 Å². The Labute approximate surface area is 188 Å². The highest BCUT2D eigenvalue weighted by atomic mass is 16.6. The van der Waals surface area contributed by atoms with Gasteiger partial charge in [0.05, 0.1) is 18.6 Å². The Morgan fingerprint density at radius 1 is 1.03 bits per heavy atom. The van der Waals surface area contributed by atoms with Crippen LogP contribution in [0.5, 0.6) is 11.5 Å². The van der Waals surface area contributed by atoms with Crippen molar-refractivity contribution in [2.45, 2.75) is 77.6 Å². The molecule has 0 aromatic heterocycles. The molecule has 2 N–H and O–H groups in total. The van der Waals surface area contributed by atoms with E-state index in [-0.39, 0.29) is 11.5 Å². The number of esters is 2. The summed E-state index contributed by atoms with van der Waals surface area (Å²) in [6.07, 6.45) is -0.410. The van der Waals surface area contributed by atoms with Crippen molar-refractivity contribution in [3.8, 4) is 11.5 Å². The van der Waals surface area contributed by atoms with Crippen LogP contribution in [0.25, 0.3) is 0 Å². The van der Waals surface area contributed by atoms with Crippen LogP contribution in [0, 0.1) is 11.8 Å². The molecule has 1 aromatic rings. The lowest BCUT2D eigenvalue weighted by molar-refractivity contribution is -0.182. The van der Waals surface area contributed by atoms with Crippen LogP contribution in [0.1, 0.15) is 66.4 Å². The van der Waals surface area contributed by atoms with E-state index in [2.05, 4.69) is 0 Å². The van der Waals surface area contributed by atoms with Crippen molar-refractivity contribution in [3.63, 3.8) is 0 Å². The molecule has 2 rings (SSSR count). The Hall–Kier alpha value is -2.61. The first-order valence-electron chi connectivity index (χ1n) is 10.5. The van der Waals surface area contributed by atoms with E-state index in [4.69, 9.17) is 14.2 Å². The van der Waals surface area contributed by atoms with Gasteiger partial charge < -0.3 is 24.4 Å². The highest BCUT2D eigenvalue weighted by Gasteiger charge is 2.58. The number of phenols is 1. The van der Waals surface area contributed by atoms with Crippen LogP contribution in [-0.4, -0.2) is 51.8 Å². The Bertz CT molecular complexity index is 888. The van der Waals surface area contributed by atoms with Crippen molar-refractivity contribution in [1.29, 1.82) is 0 Å². The average molecular weight is 451 g/mol. The van der Waals surface area contributed by atoms with Gasteiger partial charge in [-0.2, -0.15) is 0 Å². The number of Topliss-reactive ketones (excluding diaryl/α,β-unsaturated/α-hetero) is 1. The molecule has 0 radical (unpaired) electrons. The number of aliphatic hydroxyl groups is 1. The third kappa shape index (κ3) is 5.79. The number of carbonyl (C=O) groups is 3. The third-order valence-electron chi connectivity index (χ3n) is 5.18. The average Bonchev–Trinajstić information content (AvgIpc) is 2.57. The Balaban J connectivity index is 2.70. The number of hydrogen-bond acceptors (Lipinski definition) is 8. The van der Waals surface area contributed by atoms with E-state index in [0.717, 1.165) is 0 Å². The third-order valence-corrected chi connectivity index (χ3v) is 5.18. The summed E-state index contributed by atoms with van der Waals surface area (Å²) in [6.45, 7) is 11.5. The van der Waals surface area contributed by atoms with Crippen LogP contribution in [0.3, 0.4) is 0 Å². The van der Waals surface area contributed by atoms with Gasteiger partial charge in [0.15, 0.2) is 17.3 Å². The van der Waals surface area contributed by atoms with Crippen molar-refractivity contribution in [2.24, 2.45) is 11.8 Å². The van der Waals surface area contributed by atoms with Gasteiger partial charge in [-0.15, -0.1) is 0 Å². The predicted molar refractivity (Wildman–Crippen MR) is 116 cm³/mol. The molecule has 1 aliphatic carbocycles. The highest BCUT2D eigenvalue weighted by Crippen LogP contribution is 2.48. The molecular weight excluding hydrogens is 416 g/mol. The summed E-state index contributed by atoms with van der Waals surface area (Å²) in [7, 11) is 1.36. The van der Waals surface area contributed by atoms with Gasteiger partial charge in [0.2, 0.25) is 0 Å². The van der Waals surface area contributed by atoms with Crippen LogP contribution in [0.4, 0.5) is 0 Å². The molecule has 4 atom stereocenters. The fourth-order valence-corrected chi connectivity index (χ4v) is 4.05. The molecule has 0 bridgehead atoms. The zero-order valence-corrected chi connectivity index (χ0v) is 20.0. The fourth-order valence-electron chi connectivity index (χ4n) is 4.05. The van der Waals surface area contributed by atoms with Crippen molar-refractivity contribution < 1.29 is 38.8 Å². The Kier molecular flexibility index (Phi) is 7.00. The van der Waals surface area contributed by atoms with Crippen molar-refractivity contribution >= 4 is 17.7 Å². The molecule has 1 aromatic carbocycles. The summed E-state index contributed by atoms with van der Waals surface area (Å²) >= 11 is 0. The van der Waals surface area contributed by atoms with E-state index in [0.29, 0.717) is 5.56 Å². The second-order valence-corrected chi connectivity index (χ2v) is 10.5. The molecular formula is C24H34O8. The number of phenolic OH excluding ortho intramolecular Hbond substituents is 1. The SMILES string of the molecule is COc1cc([C@H]2[C@@H](C(=O)OC(C)(C)C)C(=O)C[C@@](C)(O)[C@H]2C(=O)OC(C)(C)C)ccc1O. The first kappa shape index (κ1) is 25.6. The van der Waals surface area contributed by atoms with Gasteiger partial charge in [-0.05, 0) is 66.2 Å². The summed E-state index contributed by atoms with van der Waals surface area (Å²) in [6, 6.07) is 4.29. The Morgan fingerprint density at radius 2 is 1.56 bits per heavy atom. The molecule has 0 unspecified atom stereocenters. The zero-order chi connectivity index (χ0) is 24.6. The minimum Gasteiger partial charge on any atom is -0.504 e. The standard InChI is InChI=1S/C24H34O8/c1-22(2,3)31-20(27)18-15(26)12-24(7,29)19(21(28)32-23(4,5)6)17(18)13-9-10-14(25)16(11-13)30-8/h9-11,17-19,25,29H,12H2,1-8H3/t17-,18-,19+,24+/m0/s1. The summed E-state index contributed by atoms with van der Waals surface area (Å²) in [5, 5.41) is 21.2. The molecule has 8 heteroatoms. The number of rotatable bonds is 4. The molecule has 0 heterocycles. The second kappa shape index (κ2) is 8.73. The van der Waals surface area contributed by atoms with Gasteiger partial charge in [-0.3, -0.25) is 14.4 Å². The summed E-state index contributed by atoms with van der Waals surface area (Å²) in [5.74, 6) is -5.79. The van der Waals surface area contributed by atoms with Crippen LogP contribution in [0.2, 0.25) is 0 Å². The molecule has 0 aliphatic heterocycles. The number of aromatic hydroxyl groups is 1. The maximum Gasteiger partial charge on any atom is 0.317 e. The van der Waals surface area contributed by atoms with Crippen LogP contribution in [-0.2, 0) is 23.9 Å². The molecule has 1 saturated carbocycles. The van der Waals surface area contributed by atoms with E-state index in [1.807, 2.05) is 0 Å². The quantitative estimate of drug-likeness (QED) is 0.530. The normalized spacial score (nSPS) is 26.4. The maximum absolute atomic E-state index is 13.3. The molecule has 0 amide bonds. The number of carbonyl (C=O) groups excluding carboxylic acids is 3. The molecule has 0 saturated heterocycles. The lowest BCUT2D eigenvalue weighted by Crippen LogP contribution is -2.56. The Morgan fingerprint density at radius 3 is 2.06 bits per heavy atom. The van der Waals surface area contributed by atoms with Crippen molar-refractivity contribution in [2.75, 3.05) is 7.11 Å². The molecule has 1 fully saturated rings. The summed E-state index contributed by atoms with van der Waals surface area (Å²) in [4.78, 5) is 39.5. The fraction of sp³-hybridized carbons (Fsp3) is 0.625. The number of benzene rings is 1. The zero-order valence-electron chi connectivity index (χ0n) is 20.0. The largest absolute Gasteiger partial charge is 0.504 e.